The molecule has 0 N–H and O–H groups in total. The second kappa shape index (κ2) is 5.69. The van der Waals surface area contributed by atoms with Crippen molar-refractivity contribution in [1.29, 1.82) is 5.26 Å². The van der Waals surface area contributed by atoms with Crippen molar-refractivity contribution in [2.75, 3.05) is 0 Å². The summed E-state index contributed by atoms with van der Waals surface area (Å²) >= 11 is 6.08. The van der Waals surface area contributed by atoms with Crippen molar-refractivity contribution in [2.45, 2.75) is 12.8 Å². The number of aryl methyl sites for hydroxylation is 1. The number of nitriles is 1. The van der Waals surface area contributed by atoms with Crippen LogP contribution in [-0.2, 0) is 0 Å². The van der Waals surface area contributed by atoms with Crippen molar-refractivity contribution in [3.8, 4) is 6.07 Å². The second-order valence-electron chi connectivity index (χ2n) is 4.32. The van der Waals surface area contributed by atoms with E-state index in [4.69, 9.17) is 11.6 Å². The second-order valence-corrected chi connectivity index (χ2v) is 4.73. The Morgan fingerprint density at radius 3 is 2.47 bits per heavy atom. The van der Waals surface area contributed by atoms with Gasteiger partial charge in [0, 0.05) is 5.56 Å². The summed E-state index contributed by atoms with van der Waals surface area (Å²) in [5, 5.41) is 9.63. The molecule has 1 atom stereocenters. The number of Topliss-reactive ketones (excluding diaryl/α,β-unsaturated/α-hetero) is 1. The van der Waals surface area contributed by atoms with Gasteiger partial charge in [0.25, 0.3) is 0 Å². The van der Waals surface area contributed by atoms with Crippen molar-refractivity contribution in [2.24, 2.45) is 0 Å². The monoisotopic (exact) mass is 269 g/mol. The largest absolute Gasteiger partial charge is 0.292 e. The minimum Gasteiger partial charge on any atom is -0.292 e. The number of hydrogen-bond acceptors (Lipinski definition) is 2. The Bertz CT molecular complexity index is 644. The van der Waals surface area contributed by atoms with Gasteiger partial charge in [-0.15, -0.1) is 0 Å². The summed E-state index contributed by atoms with van der Waals surface area (Å²) in [7, 11) is 0. The number of rotatable bonds is 3. The van der Waals surface area contributed by atoms with Crippen LogP contribution in [0.1, 0.15) is 27.4 Å². The molecular weight excluding hydrogens is 258 g/mol. The molecule has 2 aromatic carbocycles. The summed E-state index contributed by atoms with van der Waals surface area (Å²) < 4.78 is 0. The van der Waals surface area contributed by atoms with Crippen LogP contribution in [0, 0.1) is 18.3 Å². The zero-order valence-electron chi connectivity index (χ0n) is 10.4. The summed E-state index contributed by atoms with van der Waals surface area (Å²) in [6.45, 7) is 1.90. The molecule has 94 valence electrons. The summed E-state index contributed by atoms with van der Waals surface area (Å²) in [5.41, 5.74) is 2.06. The van der Waals surface area contributed by atoms with E-state index in [2.05, 4.69) is 6.07 Å². The summed E-state index contributed by atoms with van der Waals surface area (Å²) in [6, 6.07) is 16.3. The van der Waals surface area contributed by atoms with Gasteiger partial charge in [-0.3, -0.25) is 4.79 Å². The normalized spacial score (nSPS) is 11.6. The maximum absolute atomic E-state index is 12.4. The lowest BCUT2D eigenvalue weighted by molar-refractivity contribution is 0.0979. The average molecular weight is 270 g/mol. The van der Waals surface area contributed by atoms with E-state index in [-0.39, 0.29) is 5.78 Å². The van der Waals surface area contributed by atoms with Crippen molar-refractivity contribution < 1.29 is 4.79 Å². The van der Waals surface area contributed by atoms with E-state index in [9.17, 15) is 10.1 Å². The third-order valence-corrected chi connectivity index (χ3v) is 3.23. The molecule has 0 aliphatic heterocycles. The molecule has 0 fully saturated rings. The van der Waals surface area contributed by atoms with Gasteiger partial charge in [-0.1, -0.05) is 48.0 Å². The van der Waals surface area contributed by atoms with Crippen LogP contribution in [0.3, 0.4) is 0 Å². The van der Waals surface area contributed by atoms with Gasteiger partial charge in [-0.25, -0.2) is 0 Å². The van der Waals surface area contributed by atoms with Crippen molar-refractivity contribution in [1.82, 2.24) is 0 Å². The number of benzene rings is 2. The first-order valence-electron chi connectivity index (χ1n) is 5.88. The van der Waals surface area contributed by atoms with Gasteiger partial charge in [0.2, 0.25) is 0 Å². The number of carbonyl (C=O) groups excluding carboxylic acids is 1. The number of nitrogens with zero attached hydrogens (tertiary/aromatic N) is 1. The number of hydrogen-bond donors (Lipinski definition) is 0. The van der Waals surface area contributed by atoms with E-state index in [0.717, 1.165) is 5.56 Å². The first-order valence-corrected chi connectivity index (χ1v) is 6.26. The molecule has 0 aliphatic rings. The van der Waals surface area contributed by atoms with Crippen LogP contribution in [0.5, 0.6) is 0 Å². The number of carbonyl (C=O) groups is 1. The van der Waals surface area contributed by atoms with Crippen LogP contribution in [0.2, 0.25) is 5.02 Å². The Kier molecular flexibility index (Phi) is 3.99. The van der Waals surface area contributed by atoms with E-state index in [0.29, 0.717) is 16.1 Å². The maximum atomic E-state index is 12.4. The minimum absolute atomic E-state index is 0.265. The highest BCUT2D eigenvalue weighted by molar-refractivity contribution is 6.34. The molecule has 0 spiro atoms. The zero-order chi connectivity index (χ0) is 13.8. The van der Waals surface area contributed by atoms with Crippen LogP contribution in [0.15, 0.2) is 48.5 Å². The lowest BCUT2D eigenvalue weighted by atomic mass is 9.91. The Hall–Kier alpha value is -2.11. The van der Waals surface area contributed by atoms with Gasteiger partial charge in [0.1, 0.15) is 5.92 Å². The number of halogens is 1. The van der Waals surface area contributed by atoms with Crippen molar-refractivity contribution in [3.63, 3.8) is 0 Å². The first kappa shape index (κ1) is 13.3. The smallest absolute Gasteiger partial charge is 0.185 e. The van der Waals surface area contributed by atoms with Crippen molar-refractivity contribution in [3.05, 3.63) is 70.2 Å². The highest BCUT2D eigenvalue weighted by atomic mass is 35.5. The Morgan fingerprint density at radius 2 is 1.89 bits per heavy atom. The molecule has 3 heteroatoms. The fourth-order valence-corrected chi connectivity index (χ4v) is 2.23. The highest BCUT2D eigenvalue weighted by Crippen LogP contribution is 2.25. The van der Waals surface area contributed by atoms with Crippen LogP contribution >= 0.6 is 11.6 Å². The molecule has 19 heavy (non-hydrogen) atoms. The Labute approximate surface area is 117 Å². The predicted octanol–water partition coefficient (Wildman–Crippen LogP) is 4.14. The average Bonchev–Trinajstić information content (AvgIpc) is 2.40. The topological polar surface area (TPSA) is 40.9 Å². The lowest BCUT2D eigenvalue weighted by Gasteiger charge is -2.10. The standard InChI is InChI=1S/C16H12ClNO/c1-11-7-8-13(15(17)9-11)16(19)14(10-18)12-5-3-2-4-6-12/h2-9,14H,1H3. The van der Waals surface area contributed by atoms with Crippen LogP contribution in [-0.4, -0.2) is 5.78 Å². The predicted molar refractivity (Wildman–Crippen MR) is 75.3 cm³/mol. The summed E-state index contributed by atoms with van der Waals surface area (Å²) in [5.74, 6) is -1.08. The minimum atomic E-state index is -0.818. The van der Waals surface area contributed by atoms with Gasteiger partial charge in [-0.05, 0) is 30.2 Å². The summed E-state index contributed by atoms with van der Waals surface area (Å²) in [4.78, 5) is 12.4. The maximum Gasteiger partial charge on any atom is 0.185 e. The fourth-order valence-electron chi connectivity index (χ4n) is 1.91. The molecular formula is C16H12ClNO. The van der Waals surface area contributed by atoms with Crippen molar-refractivity contribution >= 4 is 17.4 Å². The molecule has 0 heterocycles. The Morgan fingerprint density at radius 1 is 1.21 bits per heavy atom. The molecule has 0 amide bonds. The van der Waals surface area contributed by atoms with E-state index in [1.54, 1.807) is 24.3 Å². The fraction of sp³-hybridized carbons (Fsp3) is 0.125. The van der Waals surface area contributed by atoms with Gasteiger partial charge in [-0.2, -0.15) is 5.26 Å². The third kappa shape index (κ3) is 2.83. The van der Waals surface area contributed by atoms with Gasteiger partial charge >= 0.3 is 0 Å². The number of ketones is 1. The molecule has 1 unspecified atom stereocenters. The van der Waals surface area contributed by atoms with E-state index in [1.807, 2.05) is 31.2 Å². The molecule has 0 saturated heterocycles. The van der Waals surface area contributed by atoms with Crippen LogP contribution in [0.25, 0.3) is 0 Å². The molecule has 0 bridgehead atoms. The first-order chi connectivity index (χ1) is 9.13. The van der Waals surface area contributed by atoms with E-state index in [1.165, 1.54) is 0 Å². The van der Waals surface area contributed by atoms with Crippen LogP contribution < -0.4 is 0 Å². The molecule has 0 aromatic heterocycles. The molecule has 0 aliphatic carbocycles. The van der Waals surface area contributed by atoms with Gasteiger partial charge in [0.05, 0.1) is 11.1 Å². The lowest BCUT2D eigenvalue weighted by Crippen LogP contribution is -2.11. The third-order valence-electron chi connectivity index (χ3n) is 2.91. The van der Waals surface area contributed by atoms with Crippen LogP contribution in [0.4, 0.5) is 0 Å². The molecule has 2 nitrogen and oxygen atoms in total. The van der Waals surface area contributed by atoms with Gasteiger partial charge < -0.3 is 0 Å². The molecule has 2 aromatic rings. The van der Waals surface area contributed by atoms with E-state index < -0.39 is 5.92 Å². The molecule has 2 rings (SSSR count). The van der Waals surface area contributed by atoms with E-state index >= 15 is 0 Å². The quantitative estimate of drug-likeness (QED) is 0.786. The molecule has 0 radical (unpaired) electrons. The SMILES string of the molecule is Cc1ccc(C(=O)C(C#N)c2ccccc2)c(Cl)c1. The Balaban J connectivity index is 2.40. The zero-order valence-corrected chi connectivity index (χ0v) is 11.2. The summed E-state index contributed by atoms with van der Waals surface area (Å²) in [6.07, 6.45) is 0. The van der Waals surface area contributed by atoms with Gasteiger partial charge in [0.15, 0.2) is 5.78 Å². The molecule has 0 saturated carbocycles. The highest BCUT2D eigenvalue weighted by Gasteiger charge is 2.23.